The van der Waals surface area contributed by atoms with E-state index in [-0.39, 0.29) is 5.04 Å². The Balaban J connectivity index is 3.06. The molecule has 1 unspecified atom stereocenters. The Morgan fingerprint density at radius 1 is 1.19 bits per heavy atom. The molecule has 0 spiro atoms. The van der Waals surface area contributed by atoms with E-state index in [1.807, 2.05) is 6.08 Å². The first-order chi connectivity index (χ1) is 9.55. The minimum Gasteiger partial charge on any atom is -0.396 e. The molecular weight excluding hydrogens is 274 g/mol. The monoisotopic (exact) mass is 305 g/mol. The lowest BCUT2D eigenvalue weighted by Crippen LogP contribution is -2.52. The van der Waals surface area contributed by atoms with Crippen LogP contribution in [0.4, 0.5) is 0 Å². The first kappa shape index (κ1) is 18.1. The number of benzene rings is 1. The summed E-state index contributed by atoms with van der Waals surface area (Å²) in [6, 6.07) is 8.41. The van der Waals surface area contributed by atoms with Gasteiger partial charge >= 0.3 is 0 Å². The number of rotatable bonds is 6. The molecule has 0 aliphatic heterocycles. The molecule has 0 saturated heterocycles. The summed E-state index contributed by atoms with van der Waals surface area (Å²) in [6.45, 7) is 17.1. The molecule has 0 aliphatic rings. The molecular formula is C18H31NOSi. The smallest absolute Gasteiger partial charge is 0.194 e. The topological polar surface area (TPSA) is 35.2 Å². The molecule has 2 N–H and O–H groups in total. The Kier molecular flexibility index (Phi) is 5.59. The van der Waals surface area contributed by atoms with Crippen LogP contribution in [0, 0.1) is 0 Å². The number of hydrogen-bond donors (Lipinski definition) is 1. The highest BCUT2D eigenvalue weighted by atomic mass is 28.4. The first-order valence-corrected chi connectivity index (χ1v) is 10.7. The normalized spacial score (nSPS) is 15.6. The van der Waals surface area contributed by atoms with Crippen molar-refractivity contribution >= 4 is 8.32 Å². The van der Waals surface area contributed by atoms with Gasteiger partial charge in [0.15, 0.2) is 8.32 Å². The molecule has 1 atom stereocenters. The molecule has 2 nitrogen and oxygen atoms in total. The van der Waals surface area contributed by atoms with Crippen LogP contribution in [0.15, 0.2) is 36.9 Å². The predicted octanol–water partition coefficient (Wildman–Crippen LogP) is 4.96. The summed E-state index contributed by atoms with van der Waals surface area (Å²) in [6.07, 6.45) is 3.56. The Morgan fingerprint density at radius 2 is 1.71 bits per heavy atom. The van der Waals surface area contributed by atoms with E-state index in [9.17, 15) is 0 Å². The Labute approximate surface area is 131 Å². The maximum atomic E-state index is 6.62. The van der Waals surface area contributed by atoms with Gasteiger partial charge in [-0.3, -0.25) is 0 Å². The summed E-state index contributed by atoms with van der Waals surface area (Å²) in [4.78, 5) is 0. The molecule has 0 aliphatic carbocycles. The number of nitrogens with two attached hydrogens (primary N) is 1. The van der Waals surface area contributed by atoms with Crippen LogP contribution >= 0.6 is 0 Å². The van der Waals surface area contributed by atoms with Crippen LogP contribution in [0.2, 0.25) is 18.1 Å². The van der Waals surface area contributed by atoms with E-state index in [4.69, 9.17) is 10.2 Å². The van der Waals surface area contributed by atoms with E-state index in [1.165, 1.54) is 5.56 Å². The molecule has 0 amide bonds. The quantitative estimate of drug-likeness (QED) is 0.458. The van der Waals surface area contributed by atoms with Crippen LogP contribution in [0.3, 0.4) is 0 Å². The Hall–Kier alpha value is -0.903. The molecule has 0 heterocycles. The Bertz CT molecular complexity index is 473. The van der Waals surface area contributed by atoms with Crippen molar-refractivity contribution in [2.75, 3.05) is 0 Å². The predicted molar refractivity (Wildman–Crippen MR) is 94.8 cm³/mol. The van der Waals surface area contributed by atoms with E-state index < -0.39 is 14.0 Å². The van der Waals surface area contributed by atoms with E-state index >= 15 is 0 Å². The molecule has 0 radical (unpaired) electrons. The third-order valence-electron chi connectivity index (χ3n) is 4.59. The summed E-state index contributed by atoms with van der Waals surface area (Å²) in [5.74, 6) is 0. The lowest BCUT2D eigenvalue weighted by atomic mass is 9.99. The molecule has 0 bridgehead atoms. The van der Waals surface area contributed by atoms with Crippen molar-refractivity contribution in [1.82, 2.24) is 0 Å². The standard InChI is InChI=1S/C18H31NOSi/c1-8-10-15-11-13-16(14-12-15)18(19,9-2)20-21(6,7)17(3,4)5/h8,11-14H,1,9-10,19H2,2-7H3. The van der Waals surface area contributed by atoms with Gasteiger partial charge < -0.3 is 10.2 Å². The number of hydrogen-bond acceptors (Lipinski definition) is 2. The fraction of sp³-hybridized carbons (Fsp3) is 0.556. The van der Waals surface area contributed by atoms with Crippen LogP contribution in [0.1, 0.15) is 45.2 Å². The summed E-state index contributed by atoms with van der Waals surface area (Å²) < 4.78 is 6.52. The molecule has 0 saturated carbocycles. The van der Waals surface area contributed by atoms with Crippen molar-refractivity contribution in [3.8, 4) is 0 Å². The highest BCUT2D eigenvalue weighted by Gasteiger charge is 2.43. The summed E-state index contributed by atoms with van der Waals surface area (Å²) in [5.41, 5.74) is 8.23. The van der Waals surface area contributed by atoms with Gasteiger partial charge in [-0.1, -0.05) is 58.0 Å². The van der Waals surface area contributed by atoms with Crippen molar-refractivity contribution in [2.45, 2.75) is 64.4 Å². The van der Waals surface area contributed by atoms with Gasteiger partial charge in [-0.2, -0.15) is 0 Å². The third kappa shape index (κ3) is 4.28. The van der Waals surface area contributed by atoms with Crippen molar-refractivity contribution in [2.24, 2.45) is 5.73 Å². The molecule has 21 heavy (non-hydrogen) atoms. The van der Waals surface area contributed by atoms with Gasteiger partial charge in [0.25, 0.3) is 0 Å². The minimum atomic E-state index is -1.91. The van der Waals surface area contributed by atoms with Gasteiger partial charge in [-0.15, -0.1) is 6.58 Å². The van der Waals surface area contributed by atoms with Crippen LogP contribution in [-0.4, -0.2) is 8.32 Å². The zero-order valence-electron chi connectivity index (χ0n) is 14.5. The average Bonchev–Trinajstić information content (AvgIpc) is 2.38. The van der Waals surface area contributed by atoms with Gasteiger partial charge in [-0.25, -0.2) is 0 Å². The van der Waals surface area contributed by atoms with Crippen LogP contribution in [0.25, 0.3) is 0 Å². The van der Waals surface area contributed by atoms with Crippen molar-refractivity contribution < 1.29 is 4.43 Å². The van der Waals surface area contributed by atoms with E-state index in [0.29, 0.717) is 0 Å². The molecule has 1 rings (SSSR count). The molecule has 1 aromatic rings. The van der Waals surface area contributed by atoms with E-state index in [0.717, 1.165) is 18.4 Å². The lowest BCUT2D eigenvalue weighted by Gasteiger charge is -2.44. The second-order valence-electron chi connectivity index (χ2n) is 7.30. The third-order valence-corrected chi connectivity index (χ3v) is 9.08. The van der Waals surface area contributed by atoms with E-state index in [2.05, 4.69) is 71.6 Å². The maximum absolute atomic E-state index is 6.62. The molecule has 0 aromatic heterocycles. The van der Waals surface area contributed by atoms with Gasteiger partial charge in [-0.05, 0) is 42.1 Å². The van der Waals surface area contributed by atoms with Gasteiger partial charge in [0.05, 0.1) is 0 Å². The van der Waals surface area contributed by atoms with E-state index in [1.54, 1.807) is 0 Å². The second-order valence-corrected chi connectivity index (χ2v) is 12.0. The van der Waals surface area contributed by atoms with Crippen molar-refractivity contribution in [3.63, 3.8) is 0 Å². The summed E-state index contributed by atoms with van der Waals surface area (Å²) in [7, 11) is -1.91. The lowest BCUT2D eigenvalue weighted by molar-refractivity contribution is 0.0522. The van der Waals surface area contributed by atoms with Crippen LogP contribution in [0.5, 0.6) is 0 Å². The fourth-order valence-corrected chi connectivity index (χ4v) is 3.51. The van der Waals surface area contributed by atoms with Crippen molar-refractivity contribution in [3.05, 3.63) is 48.0 Å². The SMILES string of the molecule is C=CCc1ccc(C(N)(CC)O[Si](C)(C)C(C)(C)C)cc1. The van der Waals surface area contributed by atoms with Gasteiger partial charge in [0, 0.05) is 0 Å². The summed E-state index contributed by atoms with van der Waals surface area (Å²) >= 11 is 0. The highest BCUT2D eigenvalue weighted by molar-refractivity contribution is 6.74. The molecule has 118 valence electrons. The second kappa shape index (κ2) is 6.47. The highest BCUT2D eigenvalue weighted by Crippen LogP contribution is 2.41. The average molecular weight is 306 g/mol. The van der Waals surface area contributed by atoms with Gasteiger partial charge in [0.2, 0.25) is 0 Å². The summed E-state index contributed by atoms with van der Waals surface area (Å²) in [5, 5.41) is 0.148. The molecule has 1 aromatic carbocycles. The largest absolute Gasteiger partial charge is 0.396 e. The fourth-order valence-electron chi connectivity index (χ4n) is 2.03. The van der Waals surface area contributed by atoms with Crippen LogP contribution in [-0.2, 0) is 16.6 Å². The zero-order valence-corrected chi connectivity index (χ0v) is 15.5. The maximum Gasteiger partial charge on any atom is 0.194 e. The number of allylic oxidation sites excluding steroid dienone is 1. The molecule has 3 heteroatoms. The Morgan fingerprint density at radius 3 is 2.10 bits per heavy atom. The molecule has 0 fully saturated rings. The van der Waals surface area contributed by atoms with Crippen LogP contribution < -0.4 is 5.73 Å². The minimum absolute atomic E-state index is 0.148. The zero-order chi connectivity index (χ0) is 16.3. The first-order valence-electron chi connectivity index (χ1n) is 7.75. The van der Waals surface area contributed by atoms with Crippen molar-refractivity contribution in [1.29, 1.82) is 0 Å². The van der Waals surface area contributed by atoms with Gasteiger partial charge in [0.1, 0.15) is 5.72 Å².